The summed E-state index contributed by atoms with van der Waals surface area (Å²) >= 11 is 0. The number of carbonyl (C=O) groups is 3. The molecule has 0 aromatic heterocycles. The van der Waals surface area contributed by atoms with Gasteiger partial charge in [-0.3, -0.25) is 20.3 Å². The number of carboxylic acid groups (broad SMARTS) is 1. The first-order chi connectivity index (χ1) is 20.9. The molecule has 10 nitrogen and oxygen atoms in total. The fourth-order valence-corrected chi connectivity index (χ4v) is 4.26. The predicted octanol–water partition coefficient (Wildman–Crippen LogP) is 4.13. The normalized spacial score (nSPS) is 12.5. The molecule has 13 heteroatoms. The maximum atomic E-state index is 13.2. The van der Waals surface area contributed by atoms with E-state index in [0.29, 0.717) is 42.5 Å². The third kappa shape index (κ3) is 11.8. The average molecular weight is 614 g/mol. The molecule has 44 heavy (non-hydrogen) atoms. The zero-order valence-electron chi connectivity index (χ0n) is 23.9. The lowest BCUT2D eigenvalue weighted by Crippen LogP contribution is -2.52. The Labute approximate surface area is 252 Å². The number of ether oxygens (including phenoxy) is 1. The van der Waals surface area contributed by atoms with Crippen LogP contribution in [0.15, 0.2) is 78.9 Å². The third-order valence-corrected chi connectivity index (χ3v) is 6.51. The van der Waals surface area contributed by atoms with E-state index in [0.717, 1.165) is 5.56 Å². The van der Waals surface area contributed by atoms with Crippen LogP contribution in [-0.4, -0.2) is 53.8 Å². The minimum atomic E-state index is -4.79. The number of rotatable bonds is 14. The summed E-state index contributed by atoms with van der Waals surface area (Å²) in [7, 11) is 0. The Kier molecular flexibility index (Phi) is 12.3. The summed E-state index contributed by atoms with van der Waals surface area (Å²) in [6, 6.07) is 20.0. The van der Waals surface area contributed by atoms with Gasteiger partial charge in [0.25, 0.3) is 0 Å². The van der Waals surface area contributed by atoms with E-state index in [-0.39, 0.29) is 18.1 Å². The molecule has 0 aliphatic rings. The molecule has 234 valence electrons. The van der Waals surface area contributed by atoms with E-state index in [1.807, 2.05) is 35.6 Å². The van der Waals surface area contributed by atoms with Crippen LogP contribution in [0, 0.1) is 5.41 Å². The van der Waals surface area contributed by atoms with Crippen molar-refractivity contribution in [3.63, 3.8) is 0 Å². The molecule has 3 amide bonds. The first-order valence-corrected chi connectivity index (χ1v) is 13.8. The predicted molar refractivity (Wildman–Crippen MR) is 157 cm³/mol. The van der Waals surface area contributed by atoms with Gasteiger partial charge < -0.3 is 25.8 Å². The molecular weight excluding hydrogens is 579 g/mol. The van der Waals surface area contributed by atoms with Crippen LogP contribution < -0.4 is 26.0 Å². The van der Waals surface area contributed by atoms with E-state index in [1.165, 1.54) is 18.2 Å². The molecule has 3 aromatic rings. The highest BCUT2D eigenvalue weighted by molar-refractivity contribution is 6.04. The summed E-state index contributed by atoms with van der Waals surface area (Å²) in [5.74, 6) is -1.42. The number of amidine groups is 1. The Morgan fingerprint density at radius 1 is 0.886 bits per heavy atom. The molecule has 0 fully saturated rings. The van der Waals surface area contributed by atoms with Crippen LogP contribution in [0.3, 0.4) is 0 Å². The molecule has 0 saturated heterocycles. The Hall–Kier alpha value is -4.91. The fraction of sp³-hybridized carbons (Fsp3) is 0.290. The summed E-state index contributed by atoms with van der Waals surface area (Å²) in [6.45, 7) is 1.99. The van der Waals surface area contributed by atoms with Gasteiger partial charge in [-0.2, -0.15) is 0 Å². The second kappa shape index (κ2) is 16.1. The standard InChI is InChI=1S/C31H34F3N5O5/c1-20(28(40)37-19-23-10-13-24(14-11-23)27(35)39-30(42)43)38-29(41)26(15-12-21-6-3-2-4-7-21)36-17-16-22-8-5-9-25(18-22)44-31(32,33)34/h2-11,13-14,18,20,26,36H,12,15-17,19H2,1H3,(H2,35,39)(H,37,40)(H,38,41)(H,42,43). The number of hydrogen-bond donors (Lipinski definition) is 6. The number of carbonyl (C=O) groups excluding carboxylic acids is 2. The largest absolute Gasteiger partial charge is 0.573 e. The van der Waals surface area contributed by atoms with E-state index in [2.05, 4.69) is 20.7 Å². The SMILES string of the molecule is CC(NC(=O)C(CCc1ccccc1)NCCc1cccc(OC(F)(F)F)c1)C(=O)NCc1ccc(C(=N)NC(=O)O)cc1. The Balaban J connectivity index is 1.55. The quantitative estimate of drug-likeness (QED) is 0.119. The van der Waals surface area contributed by atoms with Gasteiger partial charge in [-0.15, -0.1) is 13.2 Å². The van der Waals surface area contributed by atoms with Crippen LogP contribution in [0.1, 0.15) is 35.6 Å². The van der Waals surface area contributed by atoms with Crippen molar-refractivity contribution >= 4 is 23.7 Å². The summed E-state index contributed by atoms with van der Waals surface area (Å²) < 4.78 is 41.7. The van der Waals surface area contributed by atoms with Crippen molar-refractivity contribution in [2.45, 2.75) is 51.2 Å². The van der Waals surface area contributed by atoms with Crippen molar-refractivity contribution in [1.29, 1.82) is 5.41 Å². The Bertz CT molecular complexity index is 1420. The van der Waals surface area contributed by atoms with Gasteiger partial charge >= 0.3 is 12.5 Å². The number of halogens is 3. The Morgan fingerprint density at radius 3 is 2.23 bits per heavy atom. The average Bonchev–Trinajstić information content (AvgIpc) is 2.97. The zero-order valence-corrected chi connectivity index (χ0v) is 23.9. The minimum Gasteiger partial charge on any atom is -0.465 e. The number of hydrogen-bond acceptors (Lipinski definition) is 6. The summed E-state index contributed by atoms with van der Waals surface area (Å²) in [6.07, 6.45) is -4.80. The van der Waals surface area contributed by atoms with Crippen molar-refractivity contribution in [2.75, 3.05) is 6.54 Å². The van der Waals surface area contributed by atoms with Crippen molar-refractivity contribution in [3.05, 3.63) is 101 Å². The molecule has 3 aromatic carbocycles. The number of aryl methyl sites for hydroxylation is 1. The van der Waals surface area contributed by atoms with Gasteiger partial charge in [-0.1, -0.05) is 66.7 Å². The van der Waals surface area contributed by atoms with Crippen molar-refractivity contribution in [3.8, 4) is 5.75 Å². The molecule has 0 saturated carbocycles. The van der Waals surface area contributed by atoms with Crippen molar-refractivity contribution < 1.29 is 37.4 Å². The Morgan fingerprint density at radius 2 is 1.57 bits per heavy atom. The van der Waals surface area contributed by atoms with Crippen LogP contribution in [0.25, 0.3) is 0 Å². The molecule has 2 unspecified atom stereocenters. The molecule has 0 spiro atoms. The van der Waals surface area contributed by atoms with E-state index >= 15 is 0 Å². The van der Waals surface area contributed by atoms with Gasteiger partial charge in [-0.25, -0.2) is 4.79 Å². The lowest BCUT2D eigenvalue weighted by atomic mass is 10.0. The van der Waals surface area contributed by atoms with E-state index in [1.54, 1.807) is 37.3 Å². The maximum absolute atomic E-state index is 13.2. The molecule has 0 radical (unpaired) electrons. The second-order valence-electron chi connectivity index (χ2n) is 9.93. The molecule has 3 rings (SSSR count). The van der Waals surface area contributed by atoms with E-state index < -0.39 is 36.4 Å². The molecule has 2 atom stereocenters. The second-order valence-corrected chi connectivity index (χ2v) is 9.93. The fourth-order valence-electron chi connectivity index (χ4n) is 4.26. The highest BCUT2D eigenvalue weighted by Gasteiger charge is 2.31. The maximum Gasteiger partial charge on any atom is 0.573 e. The van der Waals surface area contributed by atoms with E-state index in [4.69, 9.17) is 10.5 Å². The van der Waals surface area contributed by atoms with E-state index in [9.17, 15) is 27.6 Å². The minimum absolute atomic E-state index is 0.145. The van der Waals surface area contributed by atoms with Crippen molar-refractivity contribution in [1.82, 2.24) is 21.3 Å². The van der Waals surface area contributed by atoms with Gasteiger partial charge in [0, 0.05) is 12.1 Å². The number of alkyl halides is 3. The van der Waals surface area contributed by atoms with Crippen LogP contribution >= 0.6 is 0 Å². The molecule has 0 aliphatic carbocycles. The van der Waals surface area contributed by atoms with Crippen LogP contribution in [-0.2, 0) is 29.0 Å². The molecule has 0 heterocycles. The van der Waals surface area contributed by atoms with Gasteiger partial charge in [-0.05, 0) is 61.6 Å². The molecule has 6 N–H and O–H groups in total. The summed E-state index contributed by atoms with van der Waals surface area (Å²) in [5, 5.41) is 27.0. The molecule has 0 aliphatic heterocycles. The van der Waals surface area contributed by atoms with Crippen LogP contribution in [0.4, 0.5) is 18.0 Å². The van der Waals surface area contributed by atoms with Crippen molar-refractivity contribution in [2.24, 2.45) is 0 Å². The lowest BCUT2D eigenvalue weighted by molar-refractivity contribution is -0.274. The number of nitrogens with one attached hydrogen (secondary N) is 5. The summed E-state index contributed by atoms with van der Waals surface area (Å²) in [4.78, 5) is 36.7. The van der Waals surface area contributed by atoms with Gasteiger partial charge in [0.1, 0.15) is 17.6 Å². The van der Waals surface area contributed by atoms with Gasteiger partial charge in [0.15, 0.2) is 0 Å². The van der Waals surface area contributed by atoms with Gasteiger partial charge in [0.2, 0.25) is 11.8 Å². The smallest absolute Gasteiger partial charge is 0.465 e. The highest BCUT2D eigenvalue weighted by Crippen LogP contribution is 2.23. The topological polar surface area (TPSA) is 153 Å². The molecular formula is C31H34F3N5O5. The zero-order chi connectivity index (χ0) is 32.1. The number of amides is 3. The lowest BCUT2D eigenvalue weighted by Gasteiger charge is -2.21. The molecule has 0 bridgehead atoms. The monoisotopic (exact) mass is 613 g/mol. The van der Waals surface area contributed by atoms with Crippen LogP contribution in [0.5, 0.6) is 5.75 Å². The van der Waals surface area contributed by atoms with Crippen LogP contribution in [0.2, 0.25) is 0 Å². The highest BCUT2D eigenvalue weighted by atomic mass is 19.4. The summed E-state index contributed by atoms with van der Waals surface area (Å²) in [5.41, 5.74) is 2.68. The number of benzene rings is 3. The third-order valence-electron chi connectivity index (χ3n) is 6.51. The first-order valence-electron chi connectivity index (χ1n) is 13.8. The van der Waals surface area contributed by atoms with Gasteiger partial charge in [0.05, 0.1) is 6.04 Å². The first kappa shape index (κ1) is 33.6.